The molecule has 0 heterocycles. The van der Waals surface area contributed by atoms with Gasteiger partial charge in [-0.25, -0.2) is 4.79 Å². The molecule has 0 aromatic heterocycles. The van der Waals surface area contributed by atoms with Crippen molar-refractivity contribution in [3.8, 4) is 0 Å². The van der Waals surface area contributed by atoms with Crippen LogP contribution in [-0.2, 0) is 14.3 Å². The number of ether oxygens (including phenoxy) is 1. The fraction of sp³-hybridized carbons (Fsp3) is 0.192. The van der Waals surface area contributed by atoms with E-state index >= 15 is 0 Å². The molecule has 6 heteroatoms. The van der Waals surface area contributed by atoms with Crippen molar-refractivity contribution in [1.29, 1.82) is 0 Å². The summed E-state index contributed by atoms with van der Waals surface area (Å²) < 4.78 is 5.10. The first-order valence-electron chi connectivity index (χ1n) is 10.4. The molecule has 0 aliphatic carbocycles. The summed E-state index contributed by atoms with van der Waals surface area (Å²) in [6, 6.07) is 26.6. The van der Waals surface area contributed by atoms with E-state index < -0.39 is 5.97 Å². The van der Waals surface area contributed by atoms with Crippen LogP contribution in [0.3, 0.4) is 0 Å². The number of hydrogen-bond donors (Lipinski definition) is 2. The first kappa shape index (κ1) is 22.7. The highest BCUT2D eigenvalue weighted by Crippen LogP contribution is 2.27. The van der Waals surface area contributed by atoms with Gasteiger partial charge in [0.1, 0.15) is 0 Å². The molecule has 32 heavy (non-hydrogen) atoms. The molecule has 0 saturated heterocycles. The van der Waals surface area contributed by atoms with Gasteiger partial charge in [0.05, 0.1) is 5.56 Å². The molecule has 0 radical (unpaired) electrons. The normalized spacial score (nSPS) is 10.4. The average Bonchev–Trinajstić information content (AvgIpc) is 2.81. The van der Waals surface area contributed by atoms with E-state index in [1.165, 1.54) is 30.2 Å². The van der Waals surface area contributed by atoms with Crippen molar-refractivity contribution in [2.45, 2.75) is 19.3 Å². The summed E-state index contributed by atoms with van der Waals surface area (Å²) in [7, 11) is 0. The largest absolute Gasteiger partial charge is 0.452 e. The van der Waals surface area contributed by atoms with Gasteiger partial charge in [0, 0.05) is 25.1 Å². The van der Waals surface area contributed by atoms with Gasteiger partial charge in [0.25, 0.3) is 5.91 Å². The fourth-order valence-corrected chi connectivity index (χ4v) is 3.41. The maximum atomic E-state index is 12.2. The van der Waals surface area contributed by atoms with Crippen molar-refractivity contribution in [3.63, 3.8) is 0 Å². The smallest absolute Gasteiger partial charge is 0.338 e. The van der Waals surface area contributed by atoms with E-state index in [0.717, 1.165) is 6.42 Å². The number of rotatable bonds is 9. The molecule has 0 aliphatic heterocycles. The first-order chi connectivity index (χ1) is 15.5. The zero-order chi connectivity index (χ0) is 22.8. The van der Waals surface area contributed by atoms with Crippen LogP contribution in [0.1, 0.15) is 40.7 Å². The molecule has 2 amide bonds. The SMILES string of the molecule is CC(=O)Nc1ccc(C(=O)OCC(=O)NCCC(c2ccccc2)c2ccccc2)cc1. The van der Waals surface area contributed by atoms with Crippen LogP contribution in [0.25, 0.3) is 0 Å². The number of nitrogens with one attached hydrogen (secondary N) is 2. The van der Waals surface area contributed by atoms with Gasteiger partial charge in [0.15, 0.2) is 6.61 Å². The topological polar surface area (TPSA) is 84.5 Å². The zero-order valence-electron chi connectivity index (χ0n) is 17.9. The van der Waals surface area contributed by atoms with Gasteiger partial charge in [-0.2, -0.15) is 0 Å². The predicted molar refractivity (Wildman–Crippen MR) is 123 cm³/mol. The van der Waals surface area contributed by atoms with E-state index in [4.69, 9.17) is 4.74 Å². The van der Waals surface area contributed by atoms with Crippen molar-refractivity contribution < 1.29 is 19.1 Å². The van der Waals surface area contributed by atoms with Crippen molar-refractivity contribution in [2.75, 3.05) is 18.5 Å². The van der Waals surface area contributed by atoms with E-state index in [-0.39, 0.29) is 24.3 Å². The average molecular weight is 431 g/mol. The van der Waals surface area contributed by atoms with Crippen LogP contribution in [0.15, 0.2) is 84.9 Å². The Bertz CT molecular complexity index is 995. The molecule has 0 fully saturated rings. The predicted octanol–water partition coefficient (Wildman–Crippen LogP) is 4.14. The molecule has 0 spiro atoms. The molecule has 3 aromatic rings. The number of anilines is 1. The lowest BCUT2D eigenvalue weighted by atomic mass is 9.88. The molecule has 3 aromatic carbocycles. The second kappa shape index (κ2) is 11.5. The Labute approximate surface area is 187 Å². The molecular formula is C26H26N2O4. The van der Waals surface area contributed by atoms with Crippen LogP contribution in [0.5, 0.6) is 0 Å². The monoisotopic (exact) mass is 430 g/mol. The second-order valence-electron chi connectivity index (χ2n) is 7.35. The summed E-state index contributed by atoms with van der Waals surface area (Å²) in [5.41, 5.74) is 3.25. The van der Waals surface area contributed by atoms with Crippen LogP contribution < -0.4 is 10.6 Å². The lowest BCUT2D eigenvalue weighted by molar-refractivity contribution is -0.124. The molecule has 0 saturated carbocycles. The third kappa shape index (κ3) is 6.80. The molecule has 0 unspecified atom stereocenters. The summed E-state index contributed by atoms with van der Waals surface area (Å²) in [5, 5.41) is 5.45. The molecule has 3 rings (SSSR count). The van der Waals surface area contributed by atoms with Crippen LogP contribution in [-0.4, -0.2) is 30.9 Å². The number of amides is 2. The quantitative estimate of drug-likeness (QED) is 0.500. The van der Waals surface area contributed by atoms with Gasteiger partial charge >= 0.3 is 5.97 Å². The van der Waals surface area contributed by atoms with Crippen molar-refractivity contribution in [2.24, 2.45) is 0 Å². The summed E-state index contributed by atoms with van der Waals surface area (Å²) in [4.78, 5) is 35.4. The highest BCUT2D eigenvalue weighted by molar-refractivity contribution is 5.93. The Morgan fingerprint density at radius 3 is 1.91 bits per heavy atom. The summed E-state index contributed by atoms with van der Waals surface area (Å²) in [5.74, 6) is -0.991. The molecule has 164 valence electrons. The van der Waals surface area contributed by atoms with Gasteiger partial charge in [-0.15, -0.1) is 0 Å². The van der Waals surface area contributed by atoms with Gasteiger partial charge in [-0.3, -0.25) is 9.59 Å². The lowest BCUT2D eigenvalue weighted by Crippen LogP contribution is -2.30. The van der Waals surface area contributed by atoms with Gasteiger partial charge in [0.2, 0.25) is 5.91 Å². The minimum Gasteiger partial charge on any atom is -0.452 e. The highest BCUT2D eigenvalue weighted by Gasteiger charge is 2.15. The minimum absolute atomic E-state index is 0.155. The van der Waals surface area contributed by atoms with E-state index in [1.54, 1.807) is 12.1 Å². The number of esters is 1. The Morgan fingerprint density at radius 1 is 0.812 bits per heavy atom. The molecule has 2 N–H and O–H groups in total. The first-order valence-corrected chi connectivity index (χ1v) is 10.4. The standard InChI is InChI=1S/C26H26N2O4/c1-19(29)28-23-14-12-22(13-15-23)26(31)32-18-25(30)27-17-16-24(20-8-4-2-5-9-20)21-10-6-3-7-11-21/h2-15,24H,16-18H2,1H3,(H,27,30)(H,28,29). The minimum atomic E-state index is -0.596. The number of carbonyl (C=O) groups excluding carboxylic acids is 3. The van der Waals surface area contributed by atoms with Gasteiger partial charge in [-0.05, 0) is 41.8 Å². The van der Waals surface area contributed by atoms with E-state index in [0.29, 0.717) is 17.8 Å². The van der Waals surface area contributed by atoms with Crippen molar-refractivity contribution >= 4 is 23.5 Å². The van der Waals surface area contributed by atoms with Crippen molar-refractivity contribution in [1.82, 2.24) is 5.32 Å². The Kier molecular flexibility index (Phi) is 8.15. The third-order valence-electron chi connectivity index (χ3n) is 4.93. The Hall–Kier alpha value is -3.93. The molecule has 0 atom stereocenters. The molecular weight excluding hydrogens is 404 g/mol. The number of carbonyl (C=O) groups is 3. The van der Waals surface area contributed by atoms with Crippen molar-refractivity contribution in [3.05, 3.63) is 102 Å². The second-order valence-corrected chi connectivity index (χ2v) is 7.35. The lowest BCUT2D eigenvalue weighted by Gasteiger charge is -2.18. The Morgan fingerprint density at radius 2 is 1.38 bits per heavy atom. The van der Waals surface area contributed by atoms with Crippen LogP contribution in [0.2, 0.25) is 0 Å². The highest BCUT2D eigenvalue weighted by atomic mass is 16.5. The third-order valence-corrected chi connectivity index (χ3v) is 4.93. The zero-order valence-corrected chi connectivity index (χ0v) is 17.9. The maximum Gasteiger partial charge on any atom is 0.338 e. The molecule has 6 nitrogen and oxygen atoms in total. The van der Waals surface area contributed by atoms with Gasteiger partial charge in [-0.1, -0.05) is 60.7 Å². The molecule has 0 bridgehead atoms. The molecule has 0 aliphatic rings. The van der Waals surface area contributed by atoms with E-state index in [2.05, 4.69) is 34.9 Å². The Balaban J connectivity index is 1.48. The summed E-state index contributed by atoms with van der Waals surface area (Å²) in [6.45, 7) is 1.51. The van der Waals surface area contributed by atoms with Crippen LogP contribution in [0.4, 0.5) is 5.69 Å². The summed E-state index contributed by atoms with van der Waals surface area (Å²) in [6.07, 6.45) is 0.721. The van der Waals surface area contributed by atoms with E-state index in [9.17, 15) is 14.4 Å². The summed E-state index contributed by atoms with van der Waals surface area (Å²) >= 11 is 0. The van der Waals surface area contributed by atoms with E-state index in [1.807, 2.05) is 36.4 Å². The van der Waals surface area contributed by atoms with Crippen LogP contribution in [0, 0.1) is 0 Å². The van der Waals surface area contributed by atoms with Crippen LogP contribution >= 0.6 is 0 Å². The number of benzene rings is 3. The fourth-order valence-electron chi connectivity index (χ4n) is 3.41. The van der Waals surface area contributed by atoms with Gasteiger partial charge < -0.3 is 15.4 Å². The maximum absolute atomic E-state index is 12.2. The number of hydrogen-bond acceptors (Lipinski definition) is 4.